The van der Waals surface area contributed by atoms with Crippen LogP contribution in [0.3, 0.4) is 0 Å². The zero-order chi connectivity index (χ0) is 13.9. The Kier molecular flexibility index (Phi) is 4.00. The molecule has 1 aromatic carbocycles. The van der Waals surface area contributed by atoms with Gasteiger partial charge in [-0.15, -0.1) is 0 Å². The molecule has 2 aliphatic rings. The van der Waals surface area contributed by atoms with Gasteiger partial charge in [-0.2, -0.15) is 0 Å². The van der Waals surface area contributed by atoms with Gasteiger partial charge < -0.3 is 14.7 Å². The van der Waals surface area contributed by atoms with E-state index < -0.39 is 0 Å². The molecule has 1 amide bonds. The standard InChI is InChI=1S/C15H20N2O3/c18-10-13-11-20-8-7-16(13)9-15(19)17-6-5-12-3-1-2-4-14(12)17/h1-4,13,18H,5-11H2. The van der Waals surface area contributed by atoms with Crippen molar-refractivity contribution in [1.29, 1.82) is 0 Å². The first-order chi connectivity index (χ1) is 9.79. The molecule has 5 nitrogen and oxygen atoms in total. The summed E-state index contributed by atoms with van der Waals surface area (Å²) >= 11 is 0. The lowest BCUT2D eigenvalue weighted by Crippen LogP contribution is -2.51. The minimum Gasteiger partial charge on any atom is -0.395 e. The molecule has 1 saturated heterocycles. The van der Waals surface area contributed by atoms with Crippen LogP contribution in [0.4, 0.5) is 5.69 Å². The van der Waals surface area contributed by atoms with Crippen molar-refractivity contribution < 1.29 is 14.6 Å². The summed E-state index contributed by atoms with van der Waals surface area (Å²) in [6.07, 6.45) is 0.925. The Morgan fingerprint density at radius 1 is 1.35 bits per heavy atom. The number of para-hydroxylation sites is 1. The predicted octanol–water partition coefficient (Wildman–Crippen LogP) is 0.269. The van der Waals surface area contributed by atoms with Gasteiger partial charge in [0.2, 0.25) is 5.91 Å². The van der Waals surface area contributed by atoms with E-state index in [0.29, 0.717) is 26.3 Å². The Bertz CT molecular complexity index is 492. The van der Waals surface area contributed by atoms with Crippen molar-refractivity contribution in [2.24, 2.45) is 0 Å². The molecule has 0 bridgehead atoms. The number of benzene rings is 1. The highest BCUT2D eigenvalue weighted by Gasteiger charge is 2.29. The molecule has 2 aliphatic heterocycles. The van der Waals surface area contributed by atoms with Crippen LogP contribution in [0.2, 0.25) is 0 Å². The Balaban J connectivity index is 1.68. The van der Waals surface area contributed by atoms with E-state index >= 15 is 0 Å². The van der Waals surface area contributed by atoms with Gasteiger partial charge in [-0.05, 0) is 18.1 Å². The van der Waals surface area contributed by atoms with Crippen molar-refractivity contribution in [2.75, 3.05) is 44.4 Å². The molecule has 2 heterocycles. The molecule has 3 rings (SSSR count). The van der Waals surface area contributed by atoms with Gasteiger partial charge >= 0.3 is 0 Å². The molecule has 1 unspecified atom stereocenters. The monoisotopic (exact) mass is 276 g/mol. The third kappa shape index (κ3) is 2.57. The number of ether oxygens (including phenoxy) is 1. The van der Waals surface area contributed by atoms with Crippen molar-refractivity contribution in [2.45, 2.75) is 12.5 Å². The fraction of sp³-hybridized carbons (Fsp3) is 0.533. The van der Waals surface area contributed by atoms with Gasteiger partial charge in [0.05, 0.1) is 32.4 Å². The number of hydrogen-bond acceptors (Lipinski definition) is 4. The van der Waals surface area contributed by atoms with Crippen molar-refractivity contribution >= 4 is 11.6 Å². The lowest BCUT2D eigenvalue weighted by atomic mass is 10.2. The van der Waals surface area contributed by atoms with E-state index in [1.54, 1.807) is 0 Å². The molecule has 0 radical (unpaired) electrons. The average Bonchev–Trinajstić information content (AvgIpc) is 2.92. The topological polar surface area (TPSA) is 53.0 Å². The van der Waals surface area contributed by atoms with E-state index in [-0.39, 0.29) is 18.6 Å². The number of aliphatic hydroxyl groups excluding tert-OH is 1. The van der Waals surface area contributed by atoms with E-state index in [9.17, 15) is 9.90 Å². The van der Waals surface area contributed by atoms with Crippen LogP contribution in [-0.2, 0) is 16.0 Å². The quantitative estimate of drug-likeness (QED) is 0.861. The Morgan fingerprint density at radius 3 is 3.05 bits per heavy atom. The number of amides is 1. The highest BCUT2D eigenvalue weighted by molar-refractivity contribution is 5.96. The number of carbonyl (C=O) groups excluding carboxylic acids is 1. The summed E-state index contributed by atoms with van der Waals surface area (Å²) in [5.74, 6) is 0.107. The van der Waals surface area contributed by atoms with Crippen LogP contribution in [0, 0.1) is 0 Å². The second-order valence-electron chi connectivity index (χ2n) is 5.31. The number of nitrogens with zero attached hydrogens (tertiary/aromatic N) is 2. The molecular formula is C15H20N2O3. The second kappa shape index (κ2) is 5.91. The Morgan fingerprint density at radius 2 is 2.20 bits per heavy atom. The van der Waals surface area contributed by atoms with Crippen LogP contribution >= 0.6 is 0 Å². The van der Waals surface area contributed by atoms with Crippen LogP contribution in [0.5, 0.6) is 0 Å². The van der Waals surface area contributed by atoms with Gasteiger partial charge in [0.1, 0.15) is 0 Å². The van der Waals surface area contributed by atoms with Gasteiger partial charge in [0.15, 0.2) is 0 Å². The van der Waals surface area contributed by atoms with Crippen molar-refractivity contribution in [3.63, 3.8) is 0 Å². The Hall–Kier alpha value is -1.43. The SMILES string of the molecule is O=C(CN1CCOCC1CO)N1CCc2ccccc21. The first-order valence-electron chi connectivity index (χ1n) is 7.10. The minimum absolute atomic E-state index is 0.0316. The van der Waals surface area contributed by atoms with Crippen LogP contribution in [-0.4, -0.2) is 61.4 Å². The van der Waals surface area contributed by atoms with Gasteiger partial charge in [-0.3, -0.25) is 9.69 Å². The highest BCUT2D eigenvalue weighted by Crippen LogP contribution is 2.27. The van der Waals surface area contributed by atoms with E-state index in [0.717, 1.165) is 18.7 Å². The summed E-state index contributed by atoms with van der Waals surface area (Å²) in [6, 6.07) is 7.99. The molecule has 1 aromatic rings. The predicted molar refractivity (Wildman–Crippen MR) is 75.8 cm³/mol. The van der Waals surface area contributed by atoms with Crippen molar-refractivity contribution in [3.05, 3.63) is 29.8 Å². The summed E-state index contributed by atoms with van der Waals surface area (Å²) in [4.78, 5) is 16.4. The van der Waals surface area contributed by atoms with E-state index in [1.807, 2.05) is 28.0 Å². The summed E-state index contributed by atoms with van der Waals surface area (Å²) in [5.41, 5.74) is 2.27. The fourth-order valence-corrected chi connectivity index (χ4v) is 2.92. The Labute approximate surface area is 118 Å². The largest absolute Gasteiger partial charge is 0.395 e. The average molecular weight is 276 g/mol. The van der Waals surface area contributed by atoms with Gasteiger partial charge in [-0.25, -0.2) is 0 Å². The zero-order valence-electron chi connectivity index (χ0n) is 11.5. The van der Waals surface area contributed by atoms with Crippen LogP contribution in [0.1, 0.15) is 5.56 Å². The summed E-state index contributed by atoms with van der Waals surface area (Å²) in [6.45, 7) is 2.96. The number of fused-ring (bicyclic) bond motifs is 1. The maximum atomic E-state index is 12.5. The molecule has 20 heavy (non-hydrogen) atoms. The van der Waals surface area contributed by atoms with E-state index in [1.165, 1.54) is 5.56 Å². The van der Waals surface area contributed by atoms with Gasteiger partial charge in [-0.1, -0.05) is 18.2 Å². The maximum Gasteiger partial charge on any atom is 0.241 e. The third-order valence-corrected chi connectivity index (χ3v) is 4.09. The normalized spacial score (nSPS) is 22.9. The number of anilines is 1. The first-order valence-corrected chi connectivity index (χ1v) is 7.10. The molecule has 0 saturated carbocycles. The molecule has 0 spiro atoms. The summed E-state index contributed by atoms with van der Waals surface area (Å²) in [5, 5.41) is 9.35. The van der Waals surface area contributed by atoms with Crippen molar-refractivity contribution in [3.8, 4) is 0 Å². The molecule has 5 heteroatoms. The summed E-state index contributed by atoms with van der Waals surface area (Å²) < 4.78 is 5.34. The van der Waals surface area contributed by atoms with Crippen LogP contribution in [0.15, 0.2) is 24.3 Å². The minimum atomic E-state index is -0.0643. The molecule has 1 fully saturated rings. The molecule has 0 aliphatic carbocycles. The number of morpholine rings is 1. The zero-order valence-corrected chi connectivity index (χ0v) is 11.5. The van der Waals surface area contributed by atoms with Gasteiger partial charge in [0.25, 0.3) is 0 Å². The van der Waals surface area contributed by atoms with E-state index in [2.05, 4.69) is 6.07 Å². The van der Waals surface area contributed by atoms with Crippen LogP contribution in [0.25, 0.3) is 0 Å². The van der Waals surface area contributed by atoms with Crippen molar-refractivity contribution in [1.82, 2.24) is 4.90 Å². The smallest absolute Gasteiger partial charge is 0.241 e. The molecular weight excluding hydrogens is 256 g/mol. The highest BCUT2D eigenvalue weighted by atomic mass is 16.5. The number of carbonyl (C=O) groups is 1. The lowest BCUT2D eigenvalue weighted by Gasteiger charge is -2.34. The number of hydrogen-bond donors (Lipinski definition) is 1. The summed E-state index contributed by atoms with van der Waals surface area (Å²) in [7, 11) is 0. The van der Waals surface area contributed by atoms with E-state index in [4.69, 9.17) is 4.74 Å². The lowest BCUT2D eigenvalue weighted by molar-refractivity contribution is -0.122. The second-order valence-corrected chi connectivity index (χ2v) is 5.31. The fourth-order valence-electron chi connectivity index (χ4n) is 2.92. The van der Waals surface area contributed by atoms with Gasteiger partial charge in [0, 0.05) is 18.8 Å². The molecule has 0 aromatic heterocycles. The first kappa shape index (κ1) is 13.5. The molecule has 1 atom stereocenters. The number of rotatable bonds is 3. The van der Waals surface area contributed by atoms with Crippen LogP contribution < -0.4 is 4.90 Å². The number of aliphatic hydroxyl groups is 1. The third-order valence-electron chi connectivity index (χ3n) is 4.09. The molecule has 108 valence electrons. The molecule has 1 N–H and O–H groups in total. The maximum absolute atomic E-state index is 12.5.